The van der Waals surface area contributed by atoms with Gasteiger partial charge in [0.2, 0.25) is 0 Å². The molecule has 16 heavy (non-hydrogen) atoms. The monoisotopic (exact) mass is 223 g/mol. The SMILES string of the molecule is CCn1ncc(CN2CCC[C@@H](O)C2)c1C. The van der Waals surface area contributed by atoms with Gasteiger partial charge in [-0.3, -0.25) is 9.58 Å². The largest absolute Gasteiger partial charge is 0.392 e. The first kappa shape index (κ1) is 11.6. The molecule has 0 amide bonds. The van der Waals surface area contributed by atoms with Gasteiger partial charge in [0, 0.05) is 30.9 Å². The van der Waals surface area contributed by atoms with E-state index in [1.54, 1.807) is 0 Å². The fourth-order valence-electron chi connectivity index (χ4n) is 2.37. The lowest BCUT2D eigenvalue weighted by Crippen LogP contribution is -2.37. The summed E-state index contributed by atoms with van der Waals surface area (Å²) in [5, 5.41) is 14.0. The quantitative estimate of drug-likeness (QED) is 0.836. The maximum absolute atomic E-state index is 9.62. The van der Waals surface area contributed by atoms with Gasteiger partial charge >= 0.3 is 0 Å². The van der Waals surface area contributed by atoms with E-state index in [2.05, 4.69) is 23.8 Å². The zero-order valence-corrected chi connectivity index (χ0v) is 10.2. The molecular formula is C12H21N3O. The molecule has 1 N–H and O–H groups in total. The zero-order valence-electron chi connectivity index (χ0n) is 10.2. The van der Waals surface area contributed by atoms with Gasteiger partial charge in [-0.15, -0.1) is 0 Å². The molecule has 1 aromatic rings. The summed E-state index contributed by atoms with van der Waals surface area (Å²) in [6, 6.07) is 0. The molecule has 0 saturated carbocycles. The third kappa shape index (κ3) is 2.44. The summed E-state index contributed by atoms with van der Waals surface area (Å²) in [7, 11) is 0. The Kier molecular flexibility index (Phi) is 3.61. The van der Waals surface area contributed by atoms with Crippen LogP contribution in [-0.4, -0.2) is 39.0 Å². The molecule has 1 fully saturated rings. The van der Waals surface area contributed by atoms with E-state index in [0.29, 0.717) is 0 Å². The Morgan fingerprint density at radius 3 is 3.00 bits per heavy atom. The number of rotatable bonds is 3. The van der Waals surface area contributed by atoms with Gasteiger partial charge < -0.3 is 5.11 Å². The van der Waals surface area contributed by atoms with Crippen LogP contribution in [0.15, 0.2) is 6.20 Å². The van der Waals surface area contributed by atoms with Crippen molar-refractivity contribution in [2.75, 3.05) is 13.1 Å². The minimum atomic E-state index is -0.143. The van der Waals surface area contributed by atoms with Crippen molar-refractivity contribution in [1.29, 1.82) is 0 Å². The Hall–Kier alpha value is -0.870. The molecular weight excluding hydrogens is 202 g/mol. The fraction of sp³-hybridized carbons (Fsp3) is 0.750. The highest BCUT2D eigenvalue weighted by Gasteiger charge is 2.18. The Morgan fingerprint density at radius 1 is 1.56 bits per heavy atom. The number of aromatic nitrogens is 2. The average molecular weight is 223 g/mol. The second-order valence-electron chi connectivity index (χ2n) is 4.60. The molecule has 90 valence electrons. The van der Waals surface area contributed by atoms with E-state index in [4.69, 9.17) is 0 Å². The van der Waals surface area contributed by atoms with Gasteiger partial charge in [-0.1, -0.05) is 0 Å². The molecule has 1 aromatic heterocycles. The summed E-state index contributed by atoms with van der Waals surface area (Å²) in [4.78, 5) is 2.32. The number of hydrogen-bond donors (Lipinski definition) is 1. The second-order valence-corrected chi connectivity index (χ2v) is 4.60. The van der Waals surface area contributed by atoms with Crippen LogP contribution in [0.5, 0.6) is 0 Å². The van der Waals surface area contributed by atoms with Crippen LogP contribution in [0.4, 0.5) is 0 Å². The summed E-state index contributed by atoms with van der Waals surface area (Å²) >= 11 is 0. The van der Waals surface area contributed by atoms with E-state index in [1.165, 1.54) is 11.3 Å². The minimum absolute atomic E-state index is 0.143. The number of aryl methyl sites for hydroxylation is 1. The van der Waals surface area contributed by atoms with Crippen LogP contribution in [0, 0.1) is 6.92 Å². The molecule has 2 rings (SSSR count). The molecule has 1 saturated heterocycles. The summed E-state index contributed by atoms with van der Waals surface area (Å²) in [6.07, 6.45) is 3.86. The summed E-state index contributed by atoms with van der Waals surface area (Å²) in [5.74, 6) is 0. The first-order valence-corrected chi connectivity index (χ1v) is 6.12. The van der Waals surface area contributed by atoms with Crippen molar-refractivity contribution >= 4 is 0 Å². The number of aliphatic hydroxyl groups excluding tert-OH is 1. The molecule has 4 heteroatoms. The zero-order chi connectivity index (χ0) is 11.5. The van der Waals surface area contributed by atoms with Crippen LogP contribution in [0.25, 0.3) is 0 Å². The summed E-state index contributed by atoms with van der Waals surface area (Å²) in [5.41, 5.74) is 2.54. The van der Waals surface area contributed by atoms with Crippen LogP contribution in [0.2, 0.25) is 0 Å². The van der Waals surface area contributed by atoms with Gasteiger partial charge in [-0.05, 0) is 33.2 Å². The molecule has 1 aliphatic rings. The molecule has 0 aliphatic carbocycles. The highest BCUT2D eigenvalue weighted by molar-refractivity contribution is 5.16. The van der Waals surface area contributed by atoms with Gasteiger partial charge in [0.05, 0.1) is 12.3 Å². The molecule has 4 nitrogen and oxygen atoms in total. The van der Waals surface area contributed by atoms with E-state index in [-0.39, 0.29) is 6.10 Å². The van der Waals surface area contributed by atoms with Crippen molar-refractivity contribution in [2.24, 2.45) is 0 Å². The lowest BCUT2D eigenvalue weighted by molar-refractivity contribution is 0.0667. The maximum Gasteiger partial charge on any atom is 0.0667 e. The smallest absolute Gasteiger partial charge is 0.0667 e. The molecule has 0 aromatic carbocycles. The third-order valence-corrected chi connectivity index (χ3v) is 3.38. The first-order valence-electron chi connectivity index (χ1n) is 6.12. The molecule has 0 radical (unpaired) electrons. The van der Waals surface area contributed by atoms with Crippen molar-refractivity contribution in [1.82, 2.24) is 14.7 Å². The molecule has 2 heterocycles. The first-order chi connectivity index (χ1) is 7.70. The van der Waals surface area contributed by atoms with Gasteiger partial charge in [0.25, 0.3) is 0 Å². The Labute approximate surface area is 96.9 Å². The Morgan fingerprint density at radius 2 is 2.38 bits per heavy atom. The lowest BCUT2D eigenvalue weighted by atomic mass is 10.1. The highest BCUT2D eigenvalue weighted by Crippen LogP contribution is 2.15. The number of likely N-dealkylation sites (tertiary alicyclic amines) is 1. The van der Waals surface area contributed by atoms with Crippen molar-refractivity contribution < 1.29 is 5.11 Å². The van der Waals surface area contributed by atoms with Crippen LogP contribution >= 0.6 is 0 Å². The predicted octanol–water partition coefficient (Wildman–Crippen LogP) is 1.17. The topological polar surface area (TPSA) is 41.3 Å². The number of nitrogens with zero attached hydrogens (tertiary/aromatic N) is 3. The molecule has 1 aliphatic heterocycles. The van der Waals surface area contributed by atoms with Gasteiger partial charge in [0.1, 0.15) is 0 Å². The van der Waals surface area contributed by atoms with Crippen LogP contribution in [0.3, 0.4) is 0 Å². The highest BCUT2D eigenvalue weighted by atomic mass is 16.3. The normalized spacial score (nSPS) is 22.6. The van der Waals surface area contributed by atoms with E-state index in [1.807, 2.05) is 10.9 Å². The molecule has 0 unspecified atom stereocenters. The van der Waals surface area contributed by atoms with Crippen molar-refractivity contribution in [3.8, 4) is 0 Å². The van der Waals surface area contributed by atoms with Crippen LogP contribution < -0.4 is 0 Å². The van der Waals surface area contributed by atoms with Gasteiger partial charge in [-0.25, -0.2) is 0 Å². The Bertz CT molecular complexity index is 348. The fourth-order valence-corrected chi connectivity index (χ4v) is 2.37. The predicted molar refractivity (Wildman–Crippen MR) is 63.2 cm³/mol. The molecule has 0 bridgehead atoms. The number of aliphatic hydroxyl groups is 1. The van der Waals surface area contributed by atoms with Gasteiger partial charge in [0.15, 0.2) is 0 Å². The minimum Gasteiger partial charge on any atom is -0.392 e. The Balaban J connectivity index is 2.00. The summed E-state index contributed by atoms with van der Waals surface area (Å²) < 4.78 is 2.02. The van der Waals surface area contributed by atoms with Gasteiger partial charge in [-0.2, -0.15) is 5.10 Å². The second kappa shape index (κ2) is 4.97. The van der Waals surface area contributed by atoms with E-state index in [0.717, 1.165) is 39.0 Å². The molecule has 0 spiro atoms. The van der Waals surface area contributed by atoms with E-state index in [9.17, 15) is 5.11 Å². The van der Waals surface area contributed by atoms with Crippen molar-refractivity contribution in [2.45, 2.75) is 45.9 Å². The lowest BCUT2D eigenvalue weighted by Gasteiger charge is -2.29. The van der Waals surface area contributed by atoms with Crippen molar-refractivity contribution in [3.63, 3.8) is 0 Å². The van der Waals surface area contributed by atoms with Crippen LogP contribution in [-0.2, 0) is 13.1 Å². The van der Waals surface area contributed by atoms with E-state index < -0.39 is 0 Å². The van der Waals surface area contributed by atoms with E-state index >= 15 is 0 Å². The number of hydrogen-bond acceptors (Lipinski definition) is 3. The summed E-state index contributed by atoms with van der Waals surface area (Å²) in [6.45, 7) is 7.96. The standard InChI is InChI=1S/C12H21N3O/c1-3-15-10(2)11(7-13-15)8-14-6-4-5-12(16)9-14/h7,12,16H,3-6,8-9H2,1-2H3/t12-/m1/s1. The maximum atomic E-state index is 9.62. The van der Waals surface area contributed by atoms with Crippen LogP contribution in [0.1, 0.15) is 31.0 Å². The number of piperidine rings is 1. The average Bonchev–Trinajstić information content (AvgIpc) is 2.60. The number of β-amino-alcohol motifs (C(OH)–C–C–N with tert-alkyl or cyclic N) is 1. The molecule has 1 atom stereocenters. The van der Waals surface area contributed by atoms with Crippen molar-refractivity contribution in [3.05, 3.63) is 17.5 Å². The third-order valence-electron chi connectivity index (χ3n) is 3.38.